The van der Waals surface area contributed by atoms with Crippen molar-refractivity contribution in [2.75, 3.05) is 43.6 Å². The van der Waals surface area contributed by atoms with E-state index in [-0.39, 0.29) is 5.91 Å². The molecule has 0 radical (unpaired) electrons. The summed E-state index contributed by atoms with van der Waals surface area (Å²) in [6.07, 6.45) is 2.30. The summed E-state index contributed by atoms with van der Waals surface area (Å²) in [4.78, 5) is 26.0. The van der Waals surface area contributed by atoms with Gasteiger partial charge in [0.2, 0.25) is 5.91 Å². The van der Waals surface area contributed by atoms with E-state index in [0.29, 0.717) is 30.9 Å². The fourth-order valence-corrected chi connectivity index (χ4v) is 2.53. The number of carbonyl (C=O) groups excluding carboxylic acids is 2. The summed E-state index contributed by atoms with van der Waals surface area (Å²) in [6.45, 7) is 4.77. The maximum atomic E-state index is 12.1. The molecule has 1 saturated heterocycles. The zero-order chi connectivity index (χ0) is 16.7. The maximum Gasteiger partial charge on any atom is 0.340 e. The molecule has 0 aliphatic carbocycles. The minimum atomic E-state index is -0.406. The van der Waals surface area contributed by atoms with E-state index in [4.69, 9.17) is 9.47 Å². The number of carbonyl (C=O) groups is 2. The van der Waals surface area contributed by atoms with Crippen molar-refractivity contribution in [2.45, 2.75) is 26.2 Å². The van der Waals surface area contributed by atoms with Crippen LogP contribution in [0.2, 0.25) is 0 Å². The molecule has 1 N–H and O–H groups in total. The second kappa shape index (κ2) is 8.53. The van der Waals surface area contributed by atoms with E-state index in [1.807, 2.05) is 19.1 Å². The van der Waals surface area contributed by atoms with Gasteiger partial charge in [-0.1, -0.05) is 13.3 Å². The fourth-order valence-electron chi connectivity index (χ4n) is 2.53. The van der Waals surface area contributed by atoms with Crippen LogP contribution in [0.3, 0.4) is 0 Å². The molecule has 1 aromatic rings. The number of unbranched alkanes of at least 4 members (excludes halogenated alkanes) is 1. The van der Waals surface area contributed by atoms with Crippen molar-refractivity contribution in [1.82, 2.24) is 0 Å². The predicted molar refractivity (Wildman–Crippen MR) is 89.0 cm³/mol. The Hall–Kier alpha value is -2.08. The van der Waals surface area contributed by atoms with Crippen molar-refractivity contribution in [2.24, 2.45) is 0 Å². The minimum Gasteiger partial charge on any atom is -0.465 e. The quantitative estimate of drug-likeness (QED) is 0.815. The average molecular weight is 320 g/mol. The van der Waals surface area contributed by atoms with Gasteiger partial charge in [-0.2, -0.15) is 0 Å². The Balaban J connectivity index is 2.19. The highest BCUT2D eigenvalue weighted by Gasteiger charge is 2.20. The number of ether oxygens (including phenoxy) is 2. The summed E-state index contributed by atoms with van der Waals surface area (Å²) in [6, 6.07) is 5.36. The van der Waals surface area contributed by atoms with Crippen LogP contribution < -0.4 is 10.2 Å². The largest absolute Gasteiger partial charge is 0.465 e. The smallest absolute Gasteiger partial charge is 0.340 e. The molecule has 0 saturated carbocycles. The first-order valence-corrected chi connectivity index (χ1v) is 8.00. The van der Waals surface area contributed by atoms with Gasteiger partial charge in [0, 0.05) is 25.2 Å². The Bertz CT molecular complexity index is 554. The van der Waals surface area contributed by atoms with Gasteiger partial charge in [0.05, 0.1) is 31.6 Å². The van der Waals surface area contributed by atoms with Gasteiger partial charge < -0.3 is 19.7 Å². The first-order valence-electron chi connectivity index (χ1n) is 8.00. The average Bonchev–Trinajstić information content (AvgIpc) is 2.60. The molecular weight excluding hydrogens is 296 g/mol. The molecule has 0 unspecified atom stereocenters. The van der Waals surface area contributed by atoms with E-state index in [2.05, 4.69) is 10.2 Å². The lowest BCUT2D eigenvalue weighted by atomic mass is 10.1. The maximum absolute atomic E-state index is 12.1. The summed E-state index contributed by atoms with van der Waals surface area (Å²) < 4.78 is 10.2. The SMILES string of the molecule is CCCCC(=O)Nc1ccc(N2CCOCC2)c(C(=O)OC)c1. The third kappa shape index (κ3) is 4.69. The highest BCUT2D eigenvalue weighted by molar-refractivity contribution is 5.99. The Labute approximate surface area is 136 Å². The van der Waals surface area contributed by atoms with Crippen LogP contribution in [0.4, 0.5) is 11.4 Å². The Morgan fingerprint density at radius 1 is 1.30 bits per heavy atom. The van der Waals surface area contributed by atoms with Crippen molar-refractivity contribution in [3.05, 3.63) is 23.8 Å². The molecule has 6 nitrogen and oxygen atoms in total. The molecule has 2 rings (SSSR count). The Morgan fingerprint density at radius 2 is 2.04 bits per heavy atom. The van der Waals surface area contributed by atoms with E-state index in [1.165, 1.54) is 7.11 Å². The Morgan fingerprint density at radius 3 is 2.70 bits per heavy atom. The number of esters is 1. The molecular formula is C17H24N2O4. The van der Waals surface area contributed by atoms with Gasteiger partial charge in [-0.05, 0) is 24.6 Å². The fraction of sp³-hybridized carbons (Fsp3) is 0.529. The number of hydrogen-bond donors (Lipinski definition) is 1. The lowest BCUT2D eigenvalue weighted by molar-refractivity contribution is -0.116. The molecule has 126 valence electrons. The first-order chi connectivity index (χ1) is 11.2. The number of nitrogens with zero attached hydrogens (tertiary/aromatic N) is 1. The number of amides is 1. The molecule has 1 aliphatic rings. The topological polar surface area (TPSA) is 67.9 Å². The van der Waals surface area contributed by atoms with Crippen LogP contribution in [-0.2, 0) is 14.3 Å². The van der Waals surface area contributed by atoms with E-state index < -0.39 is 5.97 Å². The summed E-state index contributed by atoms with van der Waals surface area (Å²) in [7, 11) is 1.36. The molecule has 0 atom stereocenters. The van der Waals surface area contributed by atoms with Crippen LogP contribution >= 0.6 is 0 Å². The summed E-state index contributed by atoms with van der Waals surface area (Å²) in [5, 5.41) is 2.84. The van der Waals surface area contributed by atoms with E-state index in [0.717, 1.165) is 31.6 Å². The van der Waals surface area contributed by atoms with Crippen LogP contribution in [0.5, 0.6) is 0 Å². The lowest BCUT2D eigenvalue weighted by Gasteiger charge is -2.30. The number of methoxy groups -OCH3 is 1. The summed E-state index contributed by atoms with van der Waals surface area (Å²) >= 11 is 0. The molecule has 0 spiro atoms. The highest BCUT2D eigenvalue weighted by atomic mass is 16.5. The molecule has 1 heterocycles. The molecule has 23 heavy (non-hydrogen) atoms. The second-order valence-electron chi connectivity index (χ2n) is 5.47. The van der Waals surface area contributed by atoms with Crippen LogP contribution in [0.1, 0.15) is 36.5 Å². The third-order valence-electron chi connectivity index (χ3n) is 3.79. The zero-order valence-corrected chi connectivity index (χ0v) is 13.8. The van der Waals surface area contributed by atoms with Crippen LogP contribution in [-0.4, -0.2) is 45.3 Å². The van der Waals surface area contributed by atoms with Gasteiger partial charge in [-0.15, -0.1) is 0 Å². The van der Waals surface area contributed by atoms with Crippen LogP contribution in [0.25, 0.3) is 0 Å². The van der Waals surface area contributed by atoms with Crippen molar-refractivity contribution < 1.29 is 19.1 Å². The van der Waals surface area contributed by atoms with Gasteiger partial charge in [0.25, 0.3) is 0 Å². The van der Waals surface area contributed by atoms with Gasteiger partial charge in [-0.3, -0.25) is 4.79 Å². The minimum absolute atomic E-state index is 0.0400. The number of nitrogens with one attached hydrogen (secondary N) is 1. The van der Waals surface area contributed by atoms with Crippen molar-refractivity contribution >= 4 is 23.3 Å². The Kier molecular flexibility index (Phi) is 6.40. The van der Waals surface area contributed by atoms with Crippen molar-refractivity contribution in [1.29, 1.82) is 0 Å². The summed E-state index contributed by atoms with van der Waals surface area (Å²) in [5.41, 5.74) is 1.89. The predicted octanol–water partition coefficient (Wildman–Crippen LogP) is 2.44. The number of morpholine rings is 1. The third-order valence-corrected chi connectivity index (χ3v) is 3.79. The molecule has 1 aliphatic heterocycles. The van der Waals surface area contributed by atoms with Crippen molar-refractivity contribution in [3.63, 3.8) is 0 Å². The standard InChI is InChI=1S/C17H24N2O4/c1-3-4-5-16(20)18-13-6-7-15(14(12-13)17(21)22-2)19-8-10-23-11-9-19/h6-7,12H,3-5,8-11H2,1-2H3,(H,18,20). The number of hydrogen-bond acceptors (Lipinski definition) is 5. The normalized spacial score (nSPS) is 14.4. The highest BCUT2D eigenvalue weighted by Crippen LogP contribution is 2.26. The van der Waals surface area contributed by atoms with E-state index >= 15 is 0 Å². The lowest BCUT2D eigenvalue weighted by Crippen LogP contribution is -2.37. The molecule has 1 aromatic carbocycles. The molecule has 0 aromatic heterocycles. The first kappa shape index (κ1) is 17.3. The number of rotatable bonds is 6. The van der Waals surface area contributed by atoms with Crippen LogP contribution in [0.15, 0.2) is 18.2 Å². The van der Waals surface area contributed by atoms with Crippen LogP contribution in [0, 0.1) is 0 Å². The number of benzene rings is 1. The van der Waals surface area contributed by atoms with E-state index in [9.17, 15) is 9.59 Å². The van der Waals surface area contributed by atoms with Crippen molar-refractivity contribution in [3.8, 4) is 0 Å². The monoisotopic (exact) mass is 320 g/mol. The van der Waals surface area contributed by atoms with Gasteiger partial charge in [0.1, 0.15) is 0 Å². The molecule has 6 heteroatoms. The van der Waals surface area contributed by atoms with Gasteiger partial charge in [0.15, 0.2) is 0 Å². The van der Waals surface area contributed by atoms with E-state index in [1.54, 1.807) is 6.07 Å². The second-order valence-corrected chi connectivity index (χ2v) is 5.47. The molecule has 1 fully saturated rings. The van der Waals surface area contributed by atoms with Gasteiger partial charge in [-0.25, -0.2) is 4.79 Å². The molecule has 1 amide bonds. The molecule has 0 bridgehead atoms. The number of anilines is 2. The summed E-state index contributed by atoms with van der Waals surface area (Å²) in [5.74, 6) is -0.446. The van der Waals surface area contributed by atoms with Gasteiger partial charge >= 0.3 is 5.97 Å². The zero-order valence-electron chi connectivity index (χ0n) is 13.8.